The first-order valence-corrected chi connectivity index (χ1v) is 7.93. The number of ether oxygens (including phenoxy) is 1. The predicted octanol–water partition coefficient (Wildman–Crippen LogP) is 3.31. The molecule has 4 heteroatoms. The van der Waals surface area contributed by atoms with Gasteiger partial charge in [-0.3, -0.25) is 9.78 Å². The number of hydrogen-bond acceptors (Lipinski definition) is 3. The van der Waals surface area contributed by atoms with E-state index in [-0.39, 0.29) is 11.9 Å². The molecule has 1 heterocycles. The molecule has 0 spiro atoms. The van der Waals surface area contributed by atoms with Crippen LogP contribution in [0.15, 0.2) is 42.7 Å². The molecule has 1 saturated carbocycles. The van der Waals surface area contributed by atoms with E-state index in [4.69, 9.17) is 4.74 Å². The second-order valence-corrected chi connectivity index (χ2v) is 6.24. The van der Waals surface area contributed by atoms with Crippen LogP contribution in [0.25, 0.3) is 0 Å². The molecule has 4 nitrogen and oxygen atoms in total. The summed E-state index contributed by atoms with van der Waals surface area (Å²) in [5, 5.41) is 3.14. The van der Waals surface area contributed by atoms with Crippen LogP contribution < -0.4 is 10.1 Å². The maximum Gasteiger partial charge on any atom is 0.231 e. The van der Waals surface area contributed by atoms with Crippen LogP contribution in [0.4, 0.5) is 0 Å². The molecular formula is C19H22N2O2. The predicted molar refractivity (Wildman–Crippen MR) is 89.4 cm³/mol. The van der Waals surface area contributed by atoms with Crippen molar-refractivity contribution in [3.8, 4) is 5.75 Å². The lowest BCUT2D eigenvalue weighted by molar-refractivity contribution is -0.124. The Morgan fingerprint density at radius 2 is 1.96 bits per heavy atom. The lowest BCUT2D eigenvalue weighted by Gasteiger charge is -2.21. The van der Waals surface area contributed by atoms with E-state index in [9.17, 15) is 4.79 Å². The van der Waals surface area contributed by atoms with Crippen molar-refractivity contribution in [2.45, 2.75) is 38.1 Å². The van der Waals surface area contributed by atoms with E-state index in [0.29, 0.717) is 0 Å². The van der Waals surface area contributed by atoms with Gasteiger partial charge in [-0.05, 0) is 61.6 Å². The van der Waals surface area contributed by atoms with Crippen LogP contribution in [-0.4, -0.2) is 18.0 Å². The van der Waals surface area contributed by atoms with Crippen molar-refractivity contribution in [1.82, 2.24) is 10.3 Å². The minimum absolute atomic E-state index is 0.0321. The molecule has 1 N–H and O–H groups in total. The first-order valence-electron chi connectivity index (χ1n) is 7.93. The summed E-state index contributed by atoms with van der Waals surface area (Å²) in [7, 11) is 1.66. The zero-order valence-electron chi connectivity index (χ0n) is 13.8. The minimum atomic E-state index is -0.401. The molecule has 1 atom stereocenters. The smallest absolute Gasteiger partial charge is 0.231 e. The van der Waals surface area contributed by atoms with Crippen molar-refractivity contribution in [1.29, 1.82) is 0 Å². The van der Waals surface area contributed by atoms with E-state index in [1.165, 1.54) is 0 Å². The van der Waals surface area contributed by atoms with Crippen LogP contribution in [0.2, 0.25) is 0 Å². The lowest BCUT2D eigenvalue weighted by atomic mass is 9.93. The SMILES string of the molecule is COc1cc(C2(C(=O)NC(C)c3ccncc3)CC2)ccc1C. The molecule has 23 heavy (non-hydrogen) atoms. The summed E-state index contributed by atoms with van der Waals surface area (Å²) in [6, 6.07) is 9.89. The lowest BCUT2D eigenvalue weighted by Crippen LogP contribution is -2.36. The molecule has 0 saturated heterocycles. The summed E-state index contributed by atoms with van der Waals surface area (Å²) in [5.74, 6) is 0.927. The summed E-state index contributed by atoms with van der Waals surface area (Å²) < 4.78 is 5.40. The van der Waals surface area contributed by atoms with Crippen molar-refractivity contribution in [2.24, 2.45) is 0 Å². The molecule has 0 aliphatic heterocycles. The topological polar surface area (TPSA) is 51.2 Å². The Morgan fingerprint density at radius 1 is 1.26 bits per heavy atom. The van der Waals surface area contributed by atoms with Gasteiger partial charge in [-0.15, -0.1) is 0 Å². The van der Waals surface area contributed by atoms with Gasteiger partial charge in [0.25, 0.3) is 0 Å². The van der Waals surface area contributed by atoms with Gasteiger partial charge in [-0.25, -0.2) is 0 Å². The first-order chi connectivity index (χ1) is 11.1. The van der Waals surface area contributed by atoms with Gasteiger partial charge in [0.1, 0.15) is 5.75 Å². The molecule has 3 rings (SSSR count). The number of nitrogens with one attached hydrogen (secondary N) is 1. The molecule has 120 valence electrons. The molecule has 1 aromatic heterocycles. The molecule has 1 fully saturated rings. The molecule has 1 aromatic carbocycles. The largest absolute Gasteiger partial charge is 0.496 e. The number of rotatable bonds is 5. The highest BCUT2D eigenvalue weighted by atomic mass is 16.5. The van der Waals surface area contributed by atoms with E-state index in [1.54, 1.807) is 19.5 Å². The van der Waals surface area contributed by atoms with Gasteiger partial charge in [0.2, 0.25) is 5.91 Å². The van der Waals surface area contributed by atoms with Gasteiger partial charge in [-0.1, -0.05) is 12.1 Å². The number of nitrogens with zero attached hydrogens (tertiary/aromatic N) is 1. The number of aromatic nitrogens is 1. The quantitative estimate of drug-likeness (QED) is 0.922. The molecular weight excluding hydrogens is 288 g/mol. The molecule has 1 unspecified atom stereocenters. The maximum absolute atomic E-state index is 12.8. The van der Waals surface area contributed by atoms with Gasteiger partial charge >= 0.3 is 0 Å². The fourth-order valence-corrected chi connectivity index (χ4v) is 2.96. The van der Waals surface area contributed by atoms with E-state index in [0.717, 1.165) is 35.3 Å². The van der Waals surface area contributed by atoms with Crippen LogP contribution in [-0.2, 0) is 10.2 Å². The fraction of sp³-hybridized carbons (Fsp3) is 0.368. The number of methoxy groups -OCH3 is 1. The van der Waals surface area contributed by atoms with Gasteiger partial charge in [-0.2, -0.15) is 0 Å². The zero-order chi connectivity index (χ0) is 16.4. The third-order valence-electron chi connectivity index (χ3n) is 4.70. The molecule has 1 aliphatic rings. The van der Waals surface area contributed by atoms with E-state index in [1.807, 2.05) is 44.2 Å². The van der Waals surface area contributed by atoms with E-state index >= 15 is 0 Å². The number of aryl methyl sites for hydroxylation is 1. The summed E-state index contributed by atoms with van der Waals surface area (Å²) >= 11 is 0. The summed E-state index contributed by atoms with van der Waals surface area (Å²) in [6.45, 7) is 4.01. The number of hydrogen-bond donors (Lipinski definition) is 1. The van der Waals surface area contributed by atoms with Crippen LogP contribution in [0.3, 0.4) is 0 Å². The van der Waals surface area contributed by atoms with Crippen LogP contribution in [0.1, 0.15) is 42.5 Å². The third-order valence-corrected chi connectivity index (χ3v) is 4.70. The highest BCUT2D eigenvalue weighted by molar-refractivity contribution is 5.91. The highest BCUT2D eigenvalue weighted by Crippen LogP contribution is 2.49. The highest BCUT2D eigenvalue weighted by Gasteiger charge is 2.51. The van der Waals surface area contributed by atoms with Crippen molar-refractivity contribution in [2.75, 3.05) is 7.11 Å². The van der Waals surface area contributed by atoms with E-state index < -0.39 is 5.41 Å². The Bertz CT molecular complexity index is 709. The van der Waals surface area contributed by atoms with Gasteiger partial charge in [0, 0.05) is 12.4 Å². The average molecular weight is 310 g/mol. The molecule has 0 bridgehead atoms. The Labute approximate surface area is 136 Å². The zero-order valence-corrected chi connectivity index (χ0v) is 13.8. The van der Waals surface area contributed by atoms with Crippen LogP contribution in [0, 0.1) is 6.92 Å². The number of pyridine rings is 1. The number of carbonyl (C=O) groups is 1. The van der Waals surface area contributed by atoms with Crippen molar-refractivity contribution in [3.05, 3.63) is 59.4 Å². The first kappa shape index (κ1) is 15.5. The number of amides is 1. The monoisotopic (exact) mass is 310 g/mol. The Morgan fingerprint density at radius 3 is 2.57 bits per heavy atom. The Kier molecular flexibility index (Phi) is 4.07. The van der Waals surface area contributed by atoms with Crippen molar-refractivity contribution >= 4 is 5.91 Å². The average Bonchev–Trinajstić information content (AvgIpc) is 3.38. The number of benzene rings is 1. The standard InChI is InChI=1S/C19H22N2O2/c1-13-4-5-16(12-17(13)23-3)19(8-9-19)18(22)21-14(2)15-6-10-20-11-7-15/h4-7,10-12,14H,8-9H2,1-3H3,(H,21,22). The summed E-state index contributed by atoms with van der Waals surface area (Å²) in [6.07, 6.45) is 5.26. The van der Waals surface area contributed by atoms with E-state index in [2.05, 4.69) is 10.3 Å². The minimum Gasteiger partial charge on any atom is -0.496 e. The van der Waals surface area contributed by atoms with Crippen molar-refractivity contribution < 1.29 is 9.53 Å². The van der Waals surface area contributed by atoms with Gasteiger partial charge < -0.3 is 10.1 Å². The Balaban J connectivity index is 1.79. The normalized spacial score (nSPS) is 16.5. The van der Waals surface area contributed by atoms with Gasteiger partial charge in [0.05, 0.1) is 18.6 Å². The molecule has 2 aromatic rings. The van der Waals surface area contributed by atoms with Crippen LogP contribution in [0.5, 0.6) is 5.75 Å². The maximum atomic E-state index is 12.8. The van der Waals surface area contributed by atoms with Gasteiger partial charge in [0.15, 0.2) is 0 Å². The Hall–Kier alpha value is -2.36. The summed E-state index contributed by atoms with van der Waals surface area (Å²) in [4.78, 5) is 16.8. The second kappa shape index (κ2) is 6.03. The summed E-state index contributed by atoms with van der Waals surface area (Å²) in [5.41, 5.74) is 2.78. The van der Waals surface area contributed by atoms with Crippen LogP contribution >= 0.6 is 0 Å². The number of carbonyl (C=O) groups excluding carboxylic acids is 1. The van der Waals surface area contributed by atoms with Crippen molar-refractivity contribution in [3.63, 3.8) is 0 Å². The second-order valence-electron chi connectivity index (χ2n) is 6.24. The fourth-order valence-electron chi connectivity index (χ4n) is 2.96. The molecule has 1 aliphatic carbocycles. The molecule has 1 amide bonds. The third kappa shape index (κ3) is 2.93. The molecule has 0 radical (unpaired) electrons.